The zero-order valence-electron chi connectivity index (χ0n) is 14.5. The van der Waals surface area contributed by atoms with Crippen molar-refractivity contribution in [1.82, 2.24) is 20.0 Å². The third-order valence-electron chi connectivity index (χ3n) is 4.44. The number of H-pyrrole nitrogens is 1. The van der Waals surface area contributed by atoms with Crippen molar-refractivity contribution in [1.29, 1.82) is 0 Å². The fraction of sp³-hybridized carbons (Fsp3) is 0.474. The summed E-state index contributed by atoms with van der Waals surface area (Å²) in [5, 5.41) is 7.34. The third-order valence-corrected chi connectivity index (χ3v) is 4.44. The number of benzene rings is 1. The Balaban J connectivity index is 1.67. The number of aromatic amines is 1. The first-order valence-electron chi connectivity index (χ1n) is 8.71. The van der Waals surface area contributed by atoms with E-state index in [1.807, 2.05) is 29.3 Å². The summed E-state index contributed by atoms with van der Waals surface area (Å²) in [4.78, 5) is 16.6. The fourth-order valence-electron chi connectivity index (χ4n) is 3.23. The van der Waals surface area contributed by atoms with Gasteiger partial charge in [0.05, 0.1) is 11.9 Å². The Morgan fingerprint density at radius 2 is 1.96 bits per heavy atom. The van der Waals surface area contributed by atoms with Gasteiger partial charge in [0, 0.05) is 44.7 Å². The zero-order valence-corrected chi connectivity index (χ0v) is 14.5. The van der Waals surface area contributed by atoms with Gasteiger partial charge < -0.3 is 4.90 Å². The molecule has 1 N–H and O–H groups in total. The lowest BCUT2D eigenvalue weighted by Gasteiger charge is -2.23. The van der Waals surface area contributed by atoms with Crippen molar-refractivity contribution in [3.63, 3.8) is 0 Å². The summed E-state index contributed by atoms with van der Waals surface area (Å²) >= 11 is 0. The van der Waals surface area contributed by atoms with Crippen LogP contribution in [0.25, 0.3) is 11.3 Å². The summed E-state index contributed by atoms with van der Waals surface area (Å²) in [6, 6.07) is 10.3. The lowest BCUT2D eigenvalue weighted by atomic mass is 10.1. The maximum atomic E-state index is 12.3. The van der Waals surface area contributed by atoms with E-state index in [0.29, 0.717) is 12.3 Å². The lowest BCUT2D eigenvalue weighted by Crippen LogP contribution is -2.35. The SMILES string of the molecule is CC(C)CN1CCN(Cc2cn[nH]c2-c2ccccc2)CCC1=O. The first-order chi connectivity index (χ1) is 11.6. The number of hydrogen-bond acceptors (Lipinski definition) is 3. The number of carbonyl (C=O) groups is 1. The molecular weight excluding hydrogens is 300 g/mol. The highest BCUT2D eigenvalue weighted by atomic mass is 16.2. The highest BCUT2D eigenvalue weighted by molar-refractivity contribution is 5.76. The number of nitrogens with zero attached hydrogens (tertiary/aromatic N) is 3. The number of amides is 1. The second kappa shape index (κ2) is 7.62. The van der Waals surface area contributed by atoms with Crippen molar-refractivity contribution in [2.45, 2.75) is 26.8 Å². The van der Waals surface area contributed by atoms with Crippen molar-refractivity contribution >= 4 is 5.91 Å². The van der Waals surface area contributed by atoms with Crippen molar-refractivity contribution in [2.24, 2.45) is 5.92 Å². The lowest BCUT2D eigenvalue weighted by molar-refractivity contribution is -0.130. The molecule has 0 spiro atoms. The van der Waals surface area contributed by atoms with Gasteiger partial charge in [0.1, 0.15) is 0 Å². The molecule has 0 saturated carbocycles. The van der Waals surface area contributed by atoms with E-state index in [4.69, 9.17) is 0 Å². The molecule has 1 aliphatic rings. The van der Waals surface area contributed by atoms with E-state index >= 15 is 0 Å². The molecule has 0 unspecified atom stereocenters. The zero-order chi connectivity index (χ0) is 16.9. The Morgan fingerprint density at radius 3 is 2.71 bits per heavy atom. The summed E-state index contributed by atoms with van der Waals surface area (Å²) in [6.07, 6.45) is 2.51. The molecule has 0 radical (unpaired) electrons. The molecule has 1 aromatic heterocycles. The van der Waals surface area contributed by atoms with Crippen LogP contribution in [-0.2, 0) is 11.3 Å². The Labute approximate surface area is 143 Å². The first-order valence-corrected chi connectivity index (χ1v) is 8.71. The highest BCUT2D eigenvalue weighted by Gasteiger charge is 2.22. The van der Waals surface area contributed by atoms with Gasteiger partial charge in [-0.3, -0.25) is 14.8 Å². The number of rotatable bonds is 5. The summed E-state index contributed by atoms with van der Waals surface area (Å²) in [5.41, 5.74) is 3.41. The second-order valence-electron chi connectivity index (χ2n) is 6.90. The molecule has 24 heavy (non-hydrogen) atoms. The van der Waals surface area contributed by atoms with Crippen LogP contribution in [0, 0.1) is 5.92 Å². The number of carbonyl (C=O) groups excluding carboxylic acids is 1. The van der Waals surface area contributed by atoms with Gasteiger partial charge in [-0.2, -0.15) is 5.10 Å². The standard InChI is InChI=1S/C19H26N4O/c1-15(2)13-23-11-10-22(9-8-18(23)24)14-17-12-20-21-19(17)16-6-4-3-5-7-16/h3-7,12,15H,8-11,13-14H2,1-2H3,(H,20,21). The first kappa shape index (κ1) is 16.7. The quantitative estimate of drug-likeness (QED) is 0.919. The van der Waals surface area contributed by atoms with E-state index in [-0.39, 0.29) is 5.91 Å². The van der Waals surface area contributed by atoms with Gasteiger partial charge in [0.25, 0.3) is 0 Å². The van der Waals surface area contributed by atoms with E-state index in [2.05, 4.69) is 41.1 Å². The van der Waals surface area contributed by atoms with Gasteiger partial charge in [0.2, 0.25) is 5.91 Å². The van der Waals surface area contributed by atoms with Crippen LogP contribution in [0.4, 0.5) is 0 Å². The molecule has 3 rings (SSSR count). The van der Waals surface area contributed by atoms with Gasteiger partial charge in [-0.1, -0.05) is 44.2 Å². The monoisotopic (exact) mass is 326 g/mol. The molecule has 2 heterocycles. The van der Waals surface area contributed by atoms with Crippen molar-refractivity contribution in [3.05, 3.63) is 42.1 Å². The van der Waals surface area contributed by atoms with Crippen molar-refractivity contribution in [2.75, 3.05) is 26.2 Å². The maximum absolute atomic E-state index is 12.3. The van der Waals surface area contributed by atoms with Gasteiger partial charge in [-0.05, 0) is 11.5 Å². The maximum Gasteiger partial charge on any atom is 0.223 e. The molecule has 1 saturated heterocycles. The van der Waals surface area contributed by atoms with E-state index in [1.165, 1.54) is 5.56 Å². The summed E-state index contributed by atoms with van der Waals surface area (Å²) < 4.78 is 0. The predicted octanol–water partition coefficient (Wildman–Crippen LogP) is 2.77. The summed E-state index contributed by atoms with van der Waals surface area (Å²) in [7, 11) is 0. The number of nitrogens with one attached hydrogen (secondary N) is 1. The molecular formula is C19H26N4O. The Kier molecular flexibility index (Phi) is 5.30. The van der Waals surface area contributed by atoms with Crippen LogP contribution in [0.5, 0.6) is 0 Å². The van der Waals surface area contributed by atoms with Gasteiger partial charge in [-0.25, -0.2) is 0 Å². The third kappa shape index (κ3) is 4.03. The Bertz CT molecular complexity index is 665. The molecule has 1 amide bonds. The van der Waals surface area contributed by atoms with E-state index < -0.39 is 0 Å². The largest absolute Gasteiger partial charge is 0.341 e. The highest BCUT2D eigenvalue weighted by Crippen LogP contribution is 2.22. The van der Waals surface area contributed by atoms with Crippen LogP contribution in [0.15, 0.2) is 36.5 Å². The van der Waals surface area contributed by atoms with Gasteiger partial charge >= 0.3 is 0 Å². The molecule has 5 heteroatoms. The molecule has 2 aromatic rings. The normalized spacial score (nSPS) is 16.6. The van der Waals surface area contributed by atoms with E-state index in [1.54, 1.807) is 0 Å². The molecule has 5 nitrogen and oxygen atoms in total. The number of hydrogen-bond donors (Lipinski definition) is 1. The average molecular weight is 326 g/mol. The average Bonchev–Trinajstić information content (AvgIpc) is 2.97. The van der Waals surface area contributed by atoms with Gasteiger partial charge in [0.15, 0.2) is 0 Å². The number of aromatic nitrogens is 2. The van der Waals surface area contributed by atoms with Crippen LogP contribution in [0.2, 0.25) is 0 Å². The Hall–Kier alpha value is -2.14. The smallest absolute Gasteiger partial charge is 0.223 e. The van der Waals surface area contributed by atoms with Crippen molar-refractivity contribution < 1.29 is 4.79 Å². The summed E-state index contributed by atoms with van der Waals surface area (Å²) in [5.74, 6) is 0.792. The van der Waals surface area contributed by atoms with Gasteiger partial charge in [-0.15, -0.1) is 0 Å². The van der Waals surface area contributed by atoms with E-state index in [9.17, 15) is 4.79 Å². The van der Waals surface area contributed by atoms with Crippen LogP contribution in [0.1, 0.15) is 25.8 Å². The fourth-order valence-corrected chi connectivity index (χ4v) is 3.23. The van der Waals surface area contributed by atoms with Crippen LogP contribution >= 0.6 is 0 Å². The Morgan fingerprint density at radius 1 is 1.17 bits per heavy atom. The molecule has 1 fully saturated rings. The van der Waals surface area contributed by atoms with E-state index in [0.717, 1.165) is 44.0 Å². The minimum absolute atomic E-state index is 0.279. The van der Waals surface area contributed by atoms with Crippen LogP contribution < -0.4 is 0 Å². The summed E-state index contributed by atoms with van der Waals surface area (Å²) in [6.45, 7) is 8.54. The minimum atomic E-state index is 0.279. The topological polar surface area (TPSA) is 52.2 Å². The molecule has 0 bridgehead atoms. The predicted molar refractivity (Wildman–Crippen MR) is 95.3 cm³/mol. The van der Waals surface area contributed by atoms with Crippen LogP contribution in [-0.4, -0.2) is 52.1 Å². The molecule has 128 valence electrons. The minimum Gasteiger partial charge on any atom is -0.341 e. The molecule has 0 atom stereocenters. The van der Waals surface area contributed by atoms with Crippen LogP contribution in [0.3, 0.4) is 0 Å². The van der Waals surface area contributed by atoms with Crippen molar-refractivity contribution in [3.8, 4) is 11.3 Å². The second-order valence-corrected chi connectivity index (χ2v) is 6.90. The molecule has 1 aliphatic heterocycles. The molecule has 1 aromatic carbocycles. The molecule has 0 aliphatic carbocycles.